The molecule has 1 unspecified atom stereocenters. The summed E-state index contributed by atoms with van der Waals surface area (Å²) in [5.41, 5.74) is 1.19. The fourth-order valence-electron chi connectivity index (χ4n) is 2.29. The second-order valence-electron chi connectivity index (χ2n) is 4.61. The SMILES string of the molecule is Brc1cc(CNC2CCCOC2)cc2c1OCO2. The van der Waals surface area contributed by atoms with Crippen molar-refractivity contribution in [2.45, 2.75) is 25.4 Å². The van der Waals surface area contributed by atoms with E-state index in [1.807, 2.05) is 6.07 Å². The number of nitrogens with one attached hydrogen (secondary N) is 1. The van der Waals surface area contributed by atoms with Gasteiger partial charge in [0.15, 0.2) is 11.5 Å². The predicted octanol–water partition coefficient (Wildman–Crippen LogP) is 2.45. The van der Waals surface area contributed by atoms with E-state index in [9.17, 15) is 0 Å². The van der Waals surface area contributed by atoms with Crippen LogP contribution in [-0.2, 0) is 11.3 Å². The summed E-state index contributed by atoms with van der Waals surface area (Å²) in [6.07, 6.45) is 2.33. The molecule has 1 atom stereocenters. The van der Waals surface area contributed by atoms with Gasteiger partial charge in [-0.05, 0) is 46.5 Å². The molecular formula is C13H16BrNO3. The molecule has 1 aromatic rings. The fourth-order valence-corrected chi connectivity index (χ4v) is 2.89. The van der Waals surface area contributed by atoms with E-state index in [1.54, 1.807) is 0 Å². The number of hydrogen-bond acceptors (Lipinski definition) is 4. The Hall–Kier alpha value is -0.780. The number of hydrogen-bond donors (Lipinski definition) is 1. The molecule has 0 aliphatic carbocycles. The molecule has 0 bridgehead atoms. The zero-order chi connectivity index (χ0) is 12.4. The minimum Gasteiger partial charge on any atom is -0.454 e. The maximum atomic E-state index is 5.45. The van der Waals surface area contributed by atoms with Gasteiger partial charge in [-0.3, -0.25) is 0 Å². The highest BCUT2D eigenvalue weighted by atomic mass is 79.9. The van der Waals surface area contributed by atoms with Crippen molar-refractivity contribution in [2.75, 3.05) is 20.0 Å². The molecular weight excluding hydrogens is 298 g/mol. The van der Waals surface area contributed by atoms with Gasteiger partial charge in [0, 0.05) is 19.2 Å². The van der Waals surface area contributed by atoms with Gasteiger partial charge in [-0.2, -0.15) is 0 Å². The predicted molar refractivity (Wildman–Crippen MR) is 70.9 cm³/mol. The Morgan fingerprint density at radius 3 is 3.11 bits per heavy atom. The van der Waals surface area contributed by atoms with E-state index < -0.39 is 0 Å². The molecule has 2 aliphatic rings. The van der Waals surface area contributed by atoms with E-state index in [0.29, 0.717) is 12.8 Å². The smallest absolute Gasteiger partial charge is 0.231 e. The van der Waals surface area contributed by atoms with Crippen LogP contribution < -0.4 is 14.8 Å². The average molecular weight is 314 g/mol. The number of ether oxygens (including phenoxy) is 3. The maximum Gasteiger partial charge on any atom is 0.231 e. The Kier molecular flexibility index (Phi) is 3.72. The number of fused-ring (bicyclic) bond motifs is 1. The first-order valence-corrected chi connectivity index (χ1v) is 7.01. The van der Waals surface area contributed by atoms with Gasteiger partial charge >= 0.3 is 0 Å². The molecule has 0 amide bonds. The van der Waals surface area contributed by atoms with E-state index in [2.05, 4.69) is 27.3 Å². The molecule has 18 heavy (non-hydrogen) atoms. The summed E-state index contributed by atoms with van der Waals surface area (Å²) in [4.78, 5) is 0. The van der Waals surface area contributed by atoms with Crippen molar-refractivity contribution >= 4 is 15.9 Å². The van der Waals surface area contributed by atoms with Crippen molar-refractivity contribution in [3.63, 3.8) is 0 Å². The second-order valence-corrected chi connectivity index (χ2v) is 5.46. The highest BCUT2D eigenvalue weighted by Crippen LogP contribution is 2.39. The second kappa shape index (κ2) is 5.47. The lowest BCUT2D eigenvalue weighted by molar-refractivity contribution is 0.0699. The lowest BCUT2D eigenvalue weighted by Gasteiger charge is -2.23. The molecule has 98 valence electrons. The number of rotatable bonds is 3. The summed E-state index contributed by atoms with van der Waals surface area (Å²) in [6.45, 7) is 2.84. The topological polar surface area (TPSA) is 39.7 Å². The summed E-state index contributed by atoms with van der Waals surface area (Å²) in [5.74, 6) is 1.63. The summed E-state index contributed by atoms with van der Waals surface area (Å²) < 4.78 is 17.2. The molecule has 1 N–H and O–H groups in total. The molecule has 5 heteroatoms. The van der Waals surface area contributed by atoms with Crippen LogP contribution in [0.3, 0.4) is 0 Å². The first-order chi connectivity index (χ1) is 8.83. The van der Waals surface area contributed by atoms with Crippen molar-refractivity contribution < 1.29 is 14.2 Å². The Morgan fingerprint density at radius 1 is 1.33 bits per heavy atom. The highest BCUT2D eigenvalue weighted by molar-refractivity contribution is 9.10. The third kappa shape index (κ3) is 2.63. The molecule has 2 heterocycles. The summed E-state index contributed by atoms with van der Waals surface area (Å²) in [5, 5.41) is 3.51. The monoisotopic (exact) mass is 313 g/mol. The Bertz CT molecular complexity index is 432. The number of benzene rings is 1. The molecule has 1 saturated heterocycles. The van der Waals surface area contributed by atoms with Gasteiger partial charge in [-0.1, -0.05) is 0 Å². The van der Waals surface area contributed by atoms with Crippen LogP contribution in [0.15, 0.2) is 16.6 Å². The van der Waals surface area contributed by atoms with Crippen LogP contribution in [0.25, 0.3) is 0 Å². The zero-order valence-electron chi connectivity index (χ0n) is 10.1. The minimum atomic E-state index is 0.307. The molecule has 0 saturated carbocycles. The van der Waals surface area contributed by atoms with Crippen molar-refractivity contribution in [3.05, 3.63) is 22.2 Å². The van der Waals surface area contributed by atoms with E-state index in [1.165, 1.54) is 12.0 Å². The van der Waals surface area contributed by atoms with E-state index in [0.717, 1.165) is 42.2 Å². The fraction of sp³-hybridized carbons (Fsp3) is 0.538. The van der Waals surface area contributed by atoms with Gasteiger partial charge in [0.25, 0.3) is 0 Å². The van der Waals surface area contributed by atoms with Gasteiger partial charge in [-0.15, -0.1) is 0 Å². The van der Waals surface area contributed by atoms with Crippen LogP contribution in [0.2, 0.25) is 0 Å². The summed E-state index contributed by atoms with van der Waals surface area (Å²) in [6, 6.07) is 4.57. The van der Waals surface area contributed by atoms with Gasteiger partial charge in [0.05, 0.1) is 11.1 Å². The van der Waals surface area contributed by atoms with Crippen LogP contribution in [0, 0.1) is 0 Å². The molecule has 3 rings (SSSR count). The van der Waals surface area contributed by atoms with Crippen molar-refractivity contribution in [3.8, 4) is 11.5 Å². The summed E-state index contributed by atoms with van der Waals surface area (Å²) in [7, 11) is 0. The first kappa shape index (κ1) is 12.3. The molecule has 1 fully saturated rings. The zero-order valence-corrected chi connectivity index (χ0v) is 11.7. The Morgan fingerprint density at radius 2 is 2.28 bits per heavy atom. The normalized spacial score (nSPS) is 22.2. The third-order valence-electron chi connectivity index (χ3n) is 3.24. The lowest BCUT2D eigenvalue weighted by Crippen LogP contribution is -2.36. The highest BCUT2D eigenvalue weighted by Gasteiger charge is 2.18. The largest absolute Gasteiger partial charge is 0.454 e. The third-order valence-corrected chi connectivity index (χ3v) is 3.83. The van der Waals surface area contributed by atoms with Gasteiger partial charge in [0.2, 0.25) is 6.79 Å². The van der Waals surface area contributed by atoms with E-state index in [4.69, 9.17) is 14.2 Å². The standard InChI is InChI=1S/C13H16BrNO3/c14-11-4-9(5-12-13(11)18-8-17-12)6-15-10-2-1-3-16-7-10/h4-5,10,15H,1-3,6-8H2. The molecule has 1 aromatic carbocycles. The molecule has 0 radical (unpaired) electrons. The van der Waals surface area contributed by atoms with Gasteiger partial charge < -0.3 is 19.5 Å². The first-order valence-electron chi connectivity index (χ1n) is 6.22. The van der Waals surface area contributed by atoms with E-state index in [-0.39, 0.29) is 0 Å². The van der Waals surface area contributed by atoms with Crippen molar-refractivity contribution in [2.24, 2.45) is 0 Å². The van der Waals surface area contributed by atoms with Crippen molar-refractivity contribution in [1.82, 2.24) is 5.32 Å². The van der Waals surface area contributed by atoms with E-state index >= 15 is 0 Å². The Balaban J connectivity index is 1.64. The van der Waals surface area contributed by atoms with Crippen LogP contribution in [0.5, 0.6) is 11.5 Å². The van der Waals surface area contributed by atoms with Crippen LogP contribution >= 0.6 is 15.9 Å². The lowest BCUT2D eigenvalue weighted by atomic mass is 10.1. The average Bonchev–Trinajstić information content (AvgIpc) is 2.86. The van der Waals surface area contributed by atoms with Gasteiger partial charge in [-0.25, -0.2) is 0 Å². The minimum absolute atomic E-state index is 0.307. The van der Waals surface area contributed by atoms with Crippen LogP contribution in [0.1, 0.15) is 18.4 Å². The van der Waals surface area contributed by atoms with Crippen molar-refractivity contribution in [1.29, 1.82) is 0 Å². The quantitative estimate of drug-likeness (QED) is 0.930. The molecule has 2 aliphatic heterocycles. The van der Waals surface area contributed by atoms with Crippen LogP contribution in [-0.4, -0.2) is 26.0 Å². The van der Waals surface area contributed by atoms with Crippen LogP contribution in [0.4, 0.5) is 0 Å². The summed E-state index contributed by atoms with van der Waals surface area (Å²) >= 11 is 3.51. The Labute approximate surface area is 115 Å². The maximum absolute atomic E-state index is 5.45. The molecule has 0 aromatic heterocycles. The number of halogens is 1. The molecule has 4 nitrogen and oxygen atoms in total. The van der Waals surface area contributed by atoms with Gasteiger partial charge in [0.1, 0.15) is 0 Å². The molecule has 0 spiro atoms.